The Kier molecular flexibility index (Phi) is 5.03. The molecule has 2 atom stereocenters. The van der Waals surface area contributed by atoms with E-state index in [0.717, 1.165) is 24.7 Å². The number of hydrogen-bond acceptors (Lipinski definition) is 2. The number of urea groups is 1. The number of likely N-dealkylation sites (tertiary alicyclic amines) is 1. The first-order valence-electron chi connectivity index (χ1n) is 8.35. The molecule has 0 spiro atoms. The Morgan fingerprint density at radius 3 is 2.80 bits per heavy atom. The van der Waals surface area contributed by atoms with Gasteiger partial charge in [0.1, 0.15) is 17.8 Å². The van der Waals surface area contributed by atoms with E-state index in [-0.39, 0.29) is 18.1 Å². The largest absolute Gasteiger partial charge is 0.322 e. The first-order chi connectivity index (χ1) is 11.9. The first-order valence-corrected chi connectivity index (χ1v) is 8.35. The van der Waals surface area contributed by atoms with Crippen LogP contribution < -0.4 is 0 Å². The van der Waals surface area contributed by atoms with Gasteiger partial charge < -0.3 is 14.7 Å². The highest BCUT2D eigenvalue weighted by Crippen LogP contribution is 2.26. The van der Waals surface area contributed by atoms with Crippen LogP contribution in [0.2, 0.25) is 0 Å². The minimum Gasteiger partial charge on any atom is -0.322 e. The van der Waals surface area contributed by atoms with Gasteiger partial charge in [0, 0.05) is 38.8 Å². The van der Waals surface area contributed by atoms with Gasteiger partial charge >= 0.3 is 6.03 Å². The molecule has 7 heteroatoms. The number of hydrogen-bond donors (Lipinski definition) is 0. The fraction of sp³-hybridized carbons (Fsp3) is 0.500. The summed E-state index contributed by atoms with van der Waals surface area (Å²) in [7, 11) is 3.46. The highest BCUT2D eigenvalue weighted by Gasteiger charge is 2.35. The van der Waals surface area contributed by atoms with Gasteiger partial charge in [-0.3, -0.25) is 0 Å². The number of alkyl halides is 1. The maximum Gasteiger partial charge on any atom is 0.320 e. The van der Waals surface area contributed by atoms with Gasteiger partial charge in [-0.15, -0.1) is 0 Å². The highest BCUT2D eigenvalue weighted by atomic mass is 19.1. The number of piperidine rings is 1. The second-order valence-electron chi connectivity index (χ2n) is 6.76. The van der Waals surface area contributed by atoms with Crippen LogP contribution in [0, 0.1) is 11.6 Å². The van der Waals surface area contributed by atoms with Gasteiger partial charge in [-0.2, -0.15) is 0 Å². The van der Waals surface area contributed by atoms with Gasteiger partial charge in [-0.05, 0) is 37.2 Å². The number of amides is 2. The molecule has 1 saturated heterocycles. The molecule has 25 heavy (non-hydrogen) atoms. The lowest BCUT2D eigenvalue weighted by Crippen LogP contribution is -2.54. The van der Waals surface area contributed by atoms with Gasteiger partial charge in [-0.25, -0.2) is 18.0 Å². The number of halogens is 3. The van der Waals surface area contributed by atoms with Crippen LogP contribution in [0.15, 0.2) is 24.3 Å². The molecule has 0 unspecified atom stereocenters. The maximum absolute atomic E-state index is 14.3. The van der Waals surface area contributed by atoms with E-state index in [1.54, 1.807) is 13.1 Å². The molecule has 1 fully saturated rings. The third-order valence-corrected chi connectivity index (χ3v) is 4.97. The molecule has 0 aliphatic carbocycles. The number of carbonyl (C=O) groups excluding carboxylic acids is 1. The fourth-order valence-corrected chi connectivity index (χ4v) is 3.48. The van der Waals surface area contributed by atoms with Crippen LogP contribution in [0.1, 0.15) is 12.0 Å². The van der Waals surface area contributed by atoms with Crippen molar-refractivity contribution in [2.24, 2.45) is 0 Å². The lowest BCUT2D eigenvalue weighted by atomic mass is 10.0. The van der Waals surface area contributed by atoms with E-state index in [1.165, 1.54) is 9.80 Å². The Balaban J connectivity index is 1.66. The summed E-state index contributed by atoms with van der Waals surface area (Å²) in [6.45, 7) is 1.53. The monoisotopic (exact) mass is 353 g/mol. The van der Waals surface area contributed by atoms with E-state index in [0.29, 0.717) is 25.1 Å². The lowest BCUT2D eigenvalue weighted by molar-refractivity contribution is 0.0633. The summed E-state index contributed by atoms with van der Waals surface area (Å²) < 4.78 is 41.6. The SMILES string of the molecule is CN1CC[C@@H](N(C)C(=O)N2CC=C(c3cc(F)ccc3F)C2)[C@H](F)C1. The molecule has 0 N–H and O–H groups in total. The molecule has 0 bridgehead atoms. The minimum atomic E-state index is -1.09. The van der Waals surface area contributed by atoms with E-state index >= 15 is 0 Å². The second-order valence-corrected chi connectivity index (χ2v) is 6.76. The summed E-state index contributed by atoms with van der Waals surface area (Å²) in [6.07, 6.45) is 1.20. The molecular formula is C18H22F3N3O. The molecular weight excluding hydrogens is 331 g/mol. The standard InChI is InChI=1S/C18H22F3N3O/c1-22-7-6-17(16(21)11-22)23(2)18(25)24-8-5-12(10-24)14-9-13(19)3-4-15(14)20/h3-5,9,16-17H,6-8,10-11H2,1-2H3/t16-,17-/m1/s1. The summed E-state index contributed by atoms with van der Waals surface area (Å²) in [5.74, 6) is -1.04. The van der Waals surface area contributed by atoms with Crippen LogP contribution in [-0.2, 0) is 0 Å². The van der Waals surface area contributed by atoms with Crippen LogP contribution in [0.25, 0.3) is 5.57 Å². The van der Waals surface area contributed by atoms with Gasteiger partial charge in [0.15, 0.2) is 0 Å². The van der Waals surface area contributed by atoms with E-state index in [1.807, 2.05) is 11.9 Å². The van der Waals surface area contributed by atoms with Gasteiger partial charge in [-0.1, -0.05) is 6.08 Å². The van der Waals surface area contributed by atoms with Crippen LogP contribution in [-0.4, -0.2) is 73.2 Å². The van der Waals surface area contributed by atoms with Crippen molar-refractivity contribution in [1.82, 2.24) is 14.7 Å². The van der Waals surface area contributed by atoms with E-state index in [2.05, 4.69) is 0 Å². The van der Waals surface area contributed by atoms with Crippen molar-refractivity contribution < 1.29 is 18.0 Å². The molecule has 2 aliphatic rings. The number of carbonyl (C=O) groups is 1. The molecule has 1 aromatic carbocycles. The molecule has 136 valence electrons. The maximum atomic E-state index is 14.3. The minimum absolute atomic E-state index is 0.167. The summed E-state index contributed by atoms with van der Waals surface area (Å²) in [4.78, 5) is 17.5. The Morgan fingerprint density at radius 2 is 2.08 bits per heavy atom. The summed E-state index contributed by atoms with van der Waals surface area (Å²) in [6, 6.07) is 2.52. The molecule has 2 heterocycles. The second kappa shape index (κ2) is 7.07. The van der Waals surface area contributed by atoms with Crippen molar-refractivity contribution in [3.63, 3.8) is 0 Å². The quantitative estimate of drug-likeness (QED) is 0.817. The average Bonchev–Trinajstić information content (AvgIpc) is 3.05. The molecule has 3 rings (SSSR count). The molecule has 2 aliphatic heterocycles. The van der Waals surface area contributed by atoms with Crippen molar-refractivity contribution in [2.75, 3.05) is 40.3 Å². The van der Waals surface area contributed by atoms with Crippen molar-refractivity contribution in [3.8, 4) is 0 Å². The smallest absolute Gasteiger partial charge is 0.320 e. The van der Waals surface area contributed by atoms with Crippen molar-refractivity contribution in [2.45, 2.75) is 18.6 Å². The van der Waals surface area contributed by atoms with Crippen LogP contribution >= 0.6 is 0 Å². The first kappa shape index (κ1) is 17.8. The predicted molar refractivity (Wildman–Crippen MR) is 89.9 cm³/mol. The van der Waals surface area contributed by atoms with E-state index < -0.39 is 23.8 Å². The molecule has 1 aromatic rings. The summed E-state index contributed by atoms with van der Waals surface area (Å²) in [5, 5.41) is 0. The lowest BCUT2D eigenvalue weighted by Gasteiger charge is -2.39. The van der Waals surface area contributed by atoms with Crippen LogP contribution in [0.4, 0.5) is 18.0 Å². The summed E-state index contributed by atoms with van der Waals surface area (Å²) in [5.41, 5.74) is 0.736. The molecule has 2 amide bonds. The molecule has 0 saturated carbocycles. The third kappa shape index (κ3) is 3.66. The number of nitrogens with zero attached hydrogens (tertiary/aromatic N) is 3. The summed E-state index contributed by atoms with van der Waals surface area (Å²) >= 11 is 0. The topological polar surface area (TPSA) is 26.8 Å². The van der Waals surface area contributed by atoms with Crippen molar-refractivity contribution >= 4 is 11.6 Å². The van der Waals surface area contributed by atoms with E-state index in [4.69, 9.17) is 0 Å². The Morgan fingerprint density at radius 1 is 1.32 bits per heavy atom. The fourth-order valence-electron chi connectivity index (χ4n) is 3.48. The Labute approximate surface area is 145 Å². The van der Waals surface area contributed by atoms with Crippen molar-refractivity contribution in [1.29, 1.82) is 0 Å². The average molecular weight is 353 g/mol. The normalized spacial score (nSPS) is 24.4. The third-order valence-electron chi connectivity index (χ3n) is 4.97. The molecule has 4 nitrogen and oxygen atoms in total. The zero-order chi connectivity index (χ0) is 18.1. The Bertz CT molecular complexity index is 694. The highest BCUT2D eigenvalue weighted by molar-refractivity contribution is 5.81. The molecule has 0 radical (unpaired) electrons. The van der Waals surface area contributed by atoms with E-state index in [9.17, 15) is 18.0 Å². The van der Waals surface area contributed by atoms with Gasteiger partial charge in [0.25, 0.3) is 0 Å². The van der Waals surface area contributed by atoms with Gasteiger partial charge in [0.05, 0.1) is 6.04 Å². The number of rotatable bonds is 2. The number of benzene rings is 1. The zero-order valence-electron chi connectivity index (χ0n) is 14.4. The van der Waals surface area contributed by atoms with Crippen LogP contribution in [0.3, 0.4) is 0 Å². The van der Waals surface area contributed by atoms with Crippen molar-refractivity contribution in [3.05, 3.63) is 41.5 Å². The zero-order valence-corrected chi connectivity index (χ0v) is 14.4. The van der Waals surface area contributed by atoms with Gasteiger partial charge in [0.2, 0.25) is 0 Å². The predicted octanol–water partition coefficient (Wildman–Crippen LogP) is 2.76. The molecule has 0 aromatic heterocycles. The Hall–Kier alpha value is -2.02. The van der Waals surface area contributed by atoms with Crippen LogP contribution in [0.5, 0.6) is 0 Å².